The first-order valence-electron chi connectivity index (χ1n) is 7.36. The highest BCUT2D eigenvalue weighted by Gasteiger charge is 2.36. The van der Waals surface area contributed by atoms with E-state index in [4.69, 9.17) is 5.73 Å². The molecule has 0 spiro atoms. The largest absolute Gasteiger partial charge is 0.329 e. The maximum atomic E-state index is 6.00. The van der Waals surface area contributed by atoms with Crippen LogP contribution in [0, 0.1) is 0 Å². The van der Waals surface area contributed by atoms with Crippen molar-refractivity contribution in [1.29, 1.82) is 0 Å². The molecule has 18 heavy (non-hydrogen) atoms. The fourth-order valence-corrected chi connectivity index (χ4v) is 3.95. The second-order valence-electron chi connectivity index (χ2n) is 5.87. The van der Waals surface area contributed by atoms with Crippen LogP contribution < -0.4 is 5.73 Å². The van der Waals surface area contributed by atoms with Gasteiger partial charge in [-0.1, -0.05) is 30.7 Å². The number of nitrogens with zero attached hydrogens (tertiary/aromatic N) is 1. The molecule has 1 aromatic rings. The molecule has 1 aromatic carbocycles. The zero-order chi connectivity index (χ0) is 12.5. The van der Waals surface area contributed by atoms with Crippen molar-refractivity contribution in [2.75, 3.05) is 6.54 Å². The van der Waals surface area contributed by atoms with E-state index in [9.17, 15) is 0 Å². The SMILES string of the molecule is CC1CCCC(CN)N1C1CCc2ccccc21. The molecule has 3 rings (SSSR count). The number of nitrogens with two attached hydrogens (primary N) is 1. The van der Waals surface area contributed by atoms with E-state index in [1.807, 2.05) is 0 Å². The molecule has 1 heterocycles. The fourth-order valence-electron chi connectivity index (χ4n) is 3.95. The van der Waals surface area contributed by atoms with Crippen molar-refractivity contribution in [3.05, 3.63) is 35.4 Å². The van der Waals surface area contributed by atoms with Gasteiger partial charge in [0.2, 0.25) is 0 Å². The van der Waals surface area contributed by atoms with Gasteiger partial charge in [-0.3, -0.25) is 4.90 Å². The first kappa shape index (κ1) is 12.2. The zero-order valence-corrected chi connectivity index (χ0v) is 11.3. The summed E-state index contributed by atoms with van der Waals surface area (Å²) in [5, 5.41) is 0. The van der Waals surface area contributed by atoms with Crippen molar-refractivity contribution in [1.82, 2.24) is 4.90 Å². The smallest absolute Gasteiger partial charge is 0.0360 e. The Balaban J connectivity index is 1.90. The maximum absolute atomic E-state index is 6.00. The molecule has 0 aromatic heterocycles. The summed E-state index contributed by atoms with van der Waals surface area (Å²) in [5.74, 6) is 0. The van der Waals surface area contributed by atoms with Crippen molar-refractivity contribution >= 4 is 0 Å². The average molecular weight is 244 g/mol. The number of aryl methyl sites for hydroxylation is 1. The van der Waals surface area contributed by atoms with E-state index >= 15 is 0 Å². The van der Waals surface area contributed by atoms with E-state index in [1.165, 1.54) is 32.1 Å². The predicted molar refractivity (Wildman–Crippen MR) is 75.5 cm³/mol. The van der Waals surface area contributed by atoms with Crippen molar-refractivity contribution in [3.8, 4) is 0 Å². The molecule has 2 heteroatoms. The van der Waals surface area contributed by atoms with Gasteiger partial charge in [0.1, 0.15) is 0 Å². The normalized spacial score (nSPS) is 32.4. The zero-order valence-electron chi connectivity index (χ0n) is 11.3. The van der Waals surface area contributed by atoms with Crippen LogP contribution in [0.25, 0.3) is 0 Å². The van der Waals surface area contributed by atoms with Gasteiger partial charge in [-0.2, -0.15) is 0 Å². The van der Waals surface area contributed by atoms with Crippen LogP contribution in [0.4, 0.5) is 0 Å². The molecule has 0 saturated carbocycles. The third-order valence-corrected chi connectivity index (χ3v) is 4.82. The molecule has 2 nitrogen and oxygen atoms in total. The Labute approximate surface area is 110 Å². The lowest BCUT2D eigenvalue weighted by atomic mass is 9.92. The predicted octanol–water partition coefficient (Wildman–Crippen LogP) is 2.88. The molecule has 3 atom stereocenters. The van der Waals surface area contributed by atoms with Gasteiger partial charge in [0.25, 0.3) is 0 Å². The fraction of sp³-hybridized carbons (Fsp3) is 0.625. The third-order valence-electron chi connectivity index (χ3n) is 4.82. The van der Waals surface area contributed by atoms with E-state index in [-0.39, 0.29) is 0 Å². The van der Waals surface area contributed by atoms with Gasteiger partial charge in [0.05, 0.1) is 0 Å². The van der Waals surface area contributed by atoms with E-state index < -0.39 is 0 Å². The lowest BCUT2D eigenvalue weighted by Gasteiger charge is -2.44. The second kappa shape index (κ2) is 5.02. The first-order chi connectivity index (χ1) is 8.81. The first-order valence-corrected chi connectivity index (χ1v) is 7.36. The topological polar surface area (TPSA) is 29.3 Å². The quantitative estimate of drug-likeness (QED) is 0.867. The Bertz CT molecular complexity index is 415. The summed E-state index contributed by atoms with van der Waals surface area (Å²) in [7, 11) is 0. The molecule has 1 fully saturated rings. The van der Waals surface area contributed by atoms with Crippen LogP contribution in [0.15, 0.2) is 24.3 Å². The molecule has 2 aliphatic rings. The monoisotopic (exact) mass is 244 g/mol. The average Bonchev–Trinajstić information content (AvgIpc) is 2.82. The van der Waals surface area contributed by atoms with Crippen LogP contribution in [-0.2, 0) is 6.42 Å². The number of rotatable bonds is 2. The standard InChI is InChI=1S/C16H24N2/c1-12-5-4-7-14(11-17)18(12)16-10-9-13-6-2-3-8-15(13)16/h2-3,6,8,12,14,16H,4-5,7,9-11,17H2,1H3. The summed E-state index contributed by atoms with van der Waals surface area (Å²) in [6, 6.07) is 10.9. The van der Waals surface area contributed by atoms with Gasteiger partial charge < -0.3 is 5.73 Å². The molecule has 0 bridgehead atoms. The molecule has 0 radical (unpaired) electrons. The Morgan fingerprint density at radius 2 is 2.06 bits per heavy atom. The molecule has 1 aliphatic heterocycles. The maximum Gasteiger partial charge on any atom is 0.0360 e. The molecule has 0 amide bonds. The van der Waals surface area contributed by atoms with Crippen LogP contribution in [0.2, 0.25) is 0 Å². The van der Waals surface area contributed by atoms with E-state index in [2.05, 4.69) is 36.1 Å². The van der Waals surface area contributed by atoms with Gasteiger partial charge >= 0.3 is 0 Å². The second-order valence-corrected chi connectivity index (χ2v) is 5.87. The van der Waals surface area contributed by atoms with Gasteiger partial charge in [-0.05, 0) is 43.7 Å². The Morgan fingerprint density at radius 3 is 2.89 bits per heavy atom. The summed E-state index contributed by atoms with van der Waals surface area (Å²) in [6.45, 7) is 3.19. The van der Waals surface area contributed by atoms with Crippen molar-refractivity contribution in [3.63, 3.8) is 0 Å². The molecule has 1 saturated heterocycles. The number of hydrogen-bond donors (Lipinski definition) is 1. The number of piperidine rings is 1. The number of fused-ring (bicyclic) bond motifs is 1. The van der Waals surface area contributed by atoms with Gasteiger partial charge in [0.15, 0.2) is 0 Å². The van der Waals surface area contributed by atoms with Crippen molar-refractivity contribution < 1.29 is 0 Å². The summed E-state index contributed by atoms with van der Waals surface area (Å²) >= 11 is 0. The van der Waals surface area contributed by atoms with E-state index in [1.54, 1.807) is 11.1 Å². The highest BCUT2D eigenvalue weighted by atomic mass is 15.2. The van der Waals surface area contributed by atoms with E-state index in [0.717, 1.165) is 6.54 Å². The summed E-state index contributed by atoms with van der Waals surface area (Å²) in [6.07, 6.45) is 6.46. The minimum absolute atomic E-state index is 0.588. The molecule has 2 N–H and O–H groups in total. The lowest BCUT2D eigenvalue weighted by molar-refractivity contribution is 0.0497. The third kappa shape index (κ3) is 1.98. The number of likely N-dealkylation sites (tertiary alicyclic amines) is 1. The Hall–Kier alpha value is -0.860. The van der Waals surface area contributed by atoms with Crippen LogP contribution >= 0.6 is 0 Å². The summed E-state index contributed by atoms with van der Waals surface area (Å²) in [5.41, 5.74) is 9.11. The van der Waals surface area contributed by atoms with Crippen LogP contribution in [-0.4, -0.2) is 23.5 Å². The van der Waals surface area contributed by atoms with Gasteiger partial charge in [-0.25, -0.2) is 0 Å². The van der Waals surface area contributed by atoms with Gasteiger partial charge in [0, 0.05) is 24.7 Å². The van der Waals surface area contributed by atoms with Crippen molar-refractivity contribution in [2.24, 2.45) is 5.73 Å². The van der Waals surface area contributed by atoms with Crippen molar-refractivity contribution in [2.45, 2.75) is 57.2 Å². The number of benzene rings is 1. The lowest BCUT2D eigenvalue weighted by Crippen LogP contribution is -2.50. The minimum Gasteiger partial charge on any atom is -0.329 e. The molecular weight excluding hydrogens is 220 g/mol. The molecular formula is C16H24N2. The molecule has 98 valence electrons. The molecule has 1 aliphatic carbocycles. The van der Waals surface area contributed by atoms with Crippen LogP contribution in [0.3, 0.4) is 0 Å². The highest BCUT2D eigenvalue weighted by Crippen LogP contribution is 2.40. The van der Waals surface area contributed by atoms with E-state index in [0.29, 0.717) is 18.1 Å². The minimum atomic E-state index is 0.588. The van der Waals surface area contributed by atoms with Crippen LogP contribution in [0.1, 0.15) is 49.8 Å². The van der Waals surface area contributed by atoms with Gasteiger partial charge in [-0.15, -0.1) is 0 Å². The Kier molecular flexibility index (Phi) is 3.40. The Morgan fingerprint density at radius 1 is 1.22 bits per heavy atom. The molecule has 3 unspecified atom stereocenters. The van der Waals surface area contributed by atoms with Crippen LogP contribution in [0.5, 0.6) is 0 Å². The highest BCUT2D eigenvalue weighted by molar-refractivity contribution is 5.34. The number of hydrogen-bond acceptors (Lipinski definition) is 2. The summed E-state index contributed by atoms with van der Waals surface area (Å²) < 4.78 is 0. The summed E-state index contributed by atoms with van der Waals surface area (Å²) in [4.78, 5) is 2.72.